The number of ether oxygens (including phenoxy) is 1. The molecule has 0 fully saturated rings. The van der Waals surface area contributed by atoms with Crippen LogP contribution in [0.3, 0.4) is 0 Å². The fraction of sp³-hybridized carbons (Fsp3) is 0.538. The Hall–Kier alpha value is -1.06. The normalized spacial score (nSPS) is 14.6. The average Bonchev–Trinajstić information content (AvgIpc) is 2.28. The van der Waals surface area contributed by atoms with Gasteiger partial charge in [0.15, 0.2) is 0 Å². The van der Waals surface area contributed by atoms with Gasteiger partial charge in [-0.05, 0) is 31.5 Å². The van der Waals surface area contributed by atoms with Crippen molar-refractivity contribution in [2.24, 2.45) is 5.73 Å². The highest BCUT2D eigenvalue weighted by atomic mass is 16.5. The van der Waals surface area contributed by atoms with Gasteiger partial charge in [0.1, 0.15) is 0 Å². The molecule has 0 heterocycles. The van der Waals surface area contributed by atoms with Gasteiger partial charge >= 0.3 is 0 Å². The fourth-order valence-corrected chi connectivity index (χ4v) is 1.62. The van der Waals surface area contributed by atoms with Gasteiger partial charge in [-0.25, -0.2) is 0 Å². The van der Waals surface area contributed by atoms with Crippen molar-refractivity contribution in [1.29, 1.82) is 0 Å². The molecule has 0 saturated carbocycles. The molecule has 0 saturated heterocycles. The molecule has 3 heteroatoms. The second-order valence-corrected chi connectivity index (χ2v) is 4.30. The van der Waals surface area contributed by atoms with Gasteiger partial charge in [0, 0.05) is 31.9 Å². The summed E-state index contributed by atoms with van der Waals surface area (Å²) in [5.74, 6) is 0. The van der Waals surface area contributed by atoms with Gasteiger partial charge < -0.3 is 15.4 Å². The van der Waals surface area contributed by atoms with Gasteiger partial charge in [-0.1, -0.05) is 12.1 Å². The van der Waals surface area contributed by atoms with Crippen molar-refractivity contribution in [3.05, 3.63) is 29.8 Å². The zero-order valence-electron chi connectivity index (χ0n) is 10.6. The Kier molecular flexibility index (Phi) is 4.77. The number of benzene rings is 1. The third kappa shape index (κ3) is 3.22. The molecule has 0 aromatic heterocycles. The molecule has 1 rings (SSSR count). The molecule has 90 valence electrons. The molecule has 0 radical (unpaired) electrons. The lowest BCUT2D eigenvalue weighted by atomic mass is 10.1. The summed E-state index contributed by atoms with van der Waals surface area (Å²) in [7, 11) is 3.80. The molecule has 1 aromatic rings. The minimum atomic E-state index is 0.0933. The fourth-order valence-electron chi connectivity index (χ4n) is 1.62. The molecule has 0 aliphatic rings. The van der Waals surface area contributed by atoms with E-state index in [1.807, 2.05) is 6.92 Å². The van der Waals surface area contributed by atoms with Crippen molar-refractivity contribution in [1.82, 2.24) is 0 Å². The second-order valence-electron chi connectivity index (χ2n) is 4.30. The van der Waals surface area contributed by atoms with Gasteiger partial charge in [-0.3, -0.25) is 0 Å². The molecule has 1 unspecified atom stereocenters. The third-order valence-corrected chi connectivity index (χ3v) is 2.90. The smallest absolute Gasteiger partial charge is 0.0663 e. The maximum atomic E-state index is 5.81. The molecule has 1 aromatic carbocycles. The first kappa shape index (κ1) is 13.0. The van der Waals surface area contributed by atoms with E-state index in [1.165, 1.54) is 5.69 Å². The van der Waals surface area contributed by atoms with E-state index < -0.39 is 0 Å². The lowest BCUT2D eigenvalue weighted by molar-refractivity contribution is 0.183. The van der Waals surface area contributed by atoms with E-state index in [-0.39, 0.29) is 6.04 Å². The maximum Gasteiger partial charge on any atom is 0.0663 e. The number of rotatable bonds is 5. The van der Waals surface area contributed by atoms with Crippen molar-refractivity contribution in [2.45, 2.75) is 25.9 Å². The standard InChI is InChI=1S/C13H22N2O/c1-10(9-16-4)15(3)13-7-5-12(6-8-13)11(2)14/h5-8,10-11H,9,14H2,1-4H3/t10?,11-/m1/s1. The van der Waals surface area contributed by atoms with Gasteiger partial charge in [-0.15, -0.1) is 0 Å². The number of hydrogen-bond acceptors (Lipinski definition) is 3. The minimum Gasteiger partial charge on any atom is -0.383 e. The molecule has 0 spiro atoms. The van der Waals surface area contributed by atoms with E-state index in [0.717, 1.165) is 12.2 Å². The predicted octanol–water partition coefficient (Wildman–Crippen LogP) is 2.18. The molecule has 2 atom stereocenters. The Morgan fingerprint density at radius 1 is 1.25 bits per heavy atom. The minimum absolute atomic E-state index is 0.0933. The van der Waals surface area contributed by atoms with Crippen LogP contribution in [0, 0.1) is 0 Å². The van der Waals surface area contributed by atoms with Gasteiger partial charge in [0.05, 0.1) is 6.61 Å². The Balaban J connectivity index is 2.73. The largest absolute Gasteiger partial charge is 0.383 e. The molecule has 0 bridgehead atoms. The summed E-state index contributed by atoms with van der Waals surface area (Å²) in [6, 6.07) is 8.82. The zero-order valence-corrected chi connectivity index (χ0v) is 10.6. The van der Waals surface area contributed by atoms with Gasteiger partial charge in [0.2, 0.25) is 0 Å². The summed E-state index contributed by atoms with van der Waals surface area (Å²) >= 11 is 0. The highest BCUT2D eigenvalue weighted by Gasteiger charge is 2.09. The van der Waals surface area contributed by atoms with Crippen molar-refractivity contribution in [3.63, 3.8) is 0 Å². The molecular weight excluding hydrogens is 200 g/mol. The number of nitrogens with two attached hydrogens (primary N) is 1. The molecule has 3 nitrogen and oxygen atoms in total. The highest BCUT2D eigenvalue weighted by molar-refractivity contribution is 5.48. The SMILES string of the molecule is COCC(C)N(C)c1ccc([C@@H](C)N)cc1. The van der Waals surface area contributed by atoms with E-state index in [0.29, 0.717) is 6.04 Å². The van der Waals surface area contributed by atoms with Crippen LogP contribution in [0.5, 0.6) is 0 Å². The van der Waals surface area contributed by atoms with Crippen LogP contribution in [-0.4, -0.2) is 26.8 Å². The average molecular weight is 222 g/mol. The Morgan fingerprint density at radius 2 is 1.81 bits per heavy atom. The van der Waals surface area contributed by atoms with Crippen LogP contribution in [0.25, 0.3) is 0 Å². The third-order valence-electron chi connectivity index (χ3n) is 2.90. The van der Waals surface area contributed by atoms with Crippen molar-refractivity contribution in [3.8, 4) is 0 Å². The molecule has 16 heavy (non-hydrogen) atoms. The summed E-state index contributed by atoms with van der Waals surface area (Å²) < 4.78 is 5.15. The molecular formula is C13H22N2O. The monoisotopic (exact) mass is 222 g/mol. The lowest BCUT2D eigenvalue weighted by Gasteiger charge is -2.26. The predicted molar refractivity (Wildman–Crippen MR) is 68.8 cm³/mol. The van der Waals surface area contributed by atoms with Crippen LogP contribution in [0.1, 0.15) is 25.5 Å². The molecule has 0 amide bonds. The van der Waals surface area contributed by atoms with E-state index in [4.69, 9.17) is 10.5 Å². The summed E-state index contributed by atoms with van der Waals surface area (Å²) in [6.07, 6.45) is 0. The first-order valence-corrected chi connectivity index (χ1v) is 5.63. The highest BCUT2D eigenvalue weighted by Crippen LogP contribution is 2.18. The van der Waals surface area contributed by atoms with E-state index in [1.54, 1.807) is 7.11 Å². The topological polar surface area (TPSA) is 38.5 Å². The van der Waals surface area contributed by atoms with Crippen LogP contribution >= 0.6 is 0 Å². The number of nitrogens with zero attached hydrogens (tertiary/aromatic N) is 1. The van der Waals surface area contributed by atoms with Crippen molar-refractivity contribution < 1.29 is 4.74 Å². The first-order valence-electron chi connectivity index (χ1n) is 5.63. The van der Waals surface area contributed by atoms with Crippen LogP contribution in [0.2, 0.25) is 0 Å². The molecule has 2 N–H and O–H groups in total. The Labute approximate surface area is 98.2 Å². The van der Waals surface area contributed by atoms with E-state index >= 15 is 0 Å². The van der Waals surface area contributed by atoms with E-state index in [2.05, 4.69) is 43.1 Å². The van der Waals surface area contributed by atoms with Crippen LogP contribution in [-0.2, 0) is 4.74 Å². The summed E-state index contributed by atoms with van der Waals surface area (Å²) in [5, 5.41) is 0. The number of hydrogen-bond donors (Lipinski definition) is 1. The number of methoxy groups -OCH3 is 1. The summed E-state index contributed by atoms with van der Waals surface area (Å²) in [5.41, 5.74) is 8.17. The number of anilines is 1. The van der Waals surface area contributed by atoms with Crippen molar-refractivity contribution >= 4 is 5.69 Å². The zero-order chi connectivity index (χ0) is 12.1. The lowest BCUT2D eigenvalue weighted by Crippen LogP contribution is -2.32. The quantitative estimate of drug-likeness (QED) is 0.830. The molecule has 0 aliphatic heterocycles. The second kappa shape index (κ2) is 5.87. The van der Waals surface area contributed by atoms with Crippen LogP contribution in [0.4, 0.5) is 5.69 Å². The summed E-state index contributed by atoms with van der Waals surface area (Å²) in [4.78, 5) is 2.20. The van der Waals surface area contributed by atoms with Crippen LogP contribution < -0.4 is 10.6 Å². The van der Waals surface area contributed by atoms with Crippen molar-refractivity contribution in [2.75, 3.05) is 25.7 Å². The van der Waals surface area contributed by atoms with Crippen LogP contribution in [0.15, 0.2) is 24.3 Å². The van der Waals surface area contributed by atoms with E-state index in [9.17, 15) is 0 Å². The Morgan fingerprint density at radius 3 is 2.25 bits per heavy atom. The number of likely N-dealkylation sites (N-methyl/N-ethyl adjacent to an activating group) is 1. The first-order chi connectivity index (χ1) is 7.56. The van der Waals surface area contributed by atoms with Gasteiger partial charge in [0.25, 0.3) is 0 Å². The van der Waals surface area contributed by atoms with Gasteiger partial charge in [-0.2, -0.15) is 0 Å². The maximum absolute atomic E-state index is 5.81. The summed E-state index contributed by atoms with van der Waals surface area (Å²) in [6.45, 7) is 4.86. The molecule has 0 aliphatic carbocycles. The Bertz CT molecular complexity index is 308.